The van der Waals surface area contributed by atoms with E-state index in [1.807, 2.05) is 0 Å². The highest BCUT2D eigenvalue weighted by molar-refractivity contribution is 7.92. The molecule has 0 bridgehead atoms. The smallest absolute Gasteiger partial charge is 0.341 e. The van der Waals surface area contributed by atoms with Gasteiger partial charge in [-0.1, -0.05) is 6.07 Å². The Hall–Kier alpha value is -2.55. The topological polar surface area (TPSA) is 111 Å². The summed E-state index contributed by atoms with van der Waals surface area (Å²) < 4.78 is 32.9. The summed E-state index contributed by atoms with van der Waals surface area (Å²) in [5.74, 6) is -0.861. The molecule has 2 aromatic rings. The number of aliphatic carboxylic acids is 1. The van der Waals surface area contributed by atoms with Crippen LogP contribution in [-0.4, -0.2) is 35.9 Å². The minimum atomic E-state index is -3.75. The molecule has 0 amide bonds. The molecule has 21 heavy (non-hydrogen) atoms. The summed E-state index contributed by atoms with van der Waals surface area (Å²) in [6.07, 6.45) is 2.60. The van der Waals surface area contributed by atoms with Crippen molar-refractivity contribution in [1.82, 2.24) is 9.78 Å². The Bertz CT molecular complexity index is 754. The van der Waals surface area contributed by atoms with Gasteiger partial charge in [0.05, 0.1) is 11.9 Å². The van der Waals surface area contributed by atoms with Crippen molar-refractivity contribution in [2.24, 2.45) is 7.05 Å². The summed E-state index contributed by atoms with van der Waals surface area (Å²) in [4.78, 5) is 10.5. The van der Waals surface area contributed by atoms with Crippen LogP contribution in [0.1, 0.15) is 0 Å². The van der Waals surface area contributed by atoms with Gasteiger partial charge >= 0.3 is 5.97 Å². The van der Waals surface area contributed by atoms with Crippen molar-refractivity contribution >= 4 is 21.7 Å². The lowest BCUT2D eigenvalue weighted by Gasteiger charge is -2.08. The van der Waals surface area contributed by atoms with E-state index in [1.54, 1.807) is 13.1 Å². The Balaban J connectivity index is 2.16. The number of nitrogens with zero attached hydrogens (tertiary/aromatic N) is 2. The van der Waals surface area contributed by atoms with E-state index in [9.17, 15) is 13.2 Å². The van der Waals surface area contributed by atoms with Crippen molar-refractivity contribution in [3.63, 3.8) is 0 Å². The summed E-state index contributed by atoms with van der Waals surface area (Å²) in [6, 6.07) is 6.02. The van der Waals surface area contributed by atoms with E-state index in [-0.39, 0.29) is 16.3 Å². The first-order valence-corrected chi connectivity index (χ1v) is 7.31. The lowest BCUT2D eigenvalue weighted by atomic mass is 10.3. The van der Waals surface area contributed by atoms with E-state index >= 15 is 0 Å². The molecule has 0 saturated carbocycles. The minimum Gasteiger partial charge on any atom is -0.482 e. The van der Waals surface area contributed by atoms with Crippen LogP contribution < -0.4 is 9.46 Å². The summed E-state index contributed by atoms with van der Waals surface area (Å²) >= 11 is 0. The van der Waals surface area contributed by atoms with E-state index < -0.39 is 22.6 Å². The Morgan fingerprint density at radius 3 is 2.86 bits per heavy atom. The summed E-state index contributed by atoms with van der Waals surface area (Å²) in [6.45, 7) is -0.501. The molecular formula is C12H13N3O5S. The van der Waals surface area contributed by atoms with Crippen molar-refractivity contribution in [1.29, 1.82) is 0 Å². The number of hydrogen-bond donors (Lipinski definition) is 2. The molecule has 0 unspecified atom stereocenters. The second-order valence-electron chi connectivity index (χ2n) is 4.17. The monoisotopic (exact) mass is 311 g/mol. The molecule has 0 radical (unpaired) electrons. The molecule has 0 fully saturated rings. The van der Waals surface area contributed by atoms with Gasteiger partial charge in [-0.2, -0.15) is 5.10 Å². The molecule has 0 aliphatic rings. The highest BCUT2D eigenvalue weighted by Gasteiger charge is 2.16. The van der Waals surface area contributed by atoms with Crippen LogP contribution in [-0.2, 0) is 21.9 Å². The van der Waals surface area contributed by atoms with Crippen LogP contribution in [0.2, 0.25) is 0 Å². The molecule has 112 valence electrons. The van der Waals surface area contributed by atoms with Crippen molar-refractivity contribution < 1.29 is 23.1 Å². The molecule has 0 aliphatic heterocycles. The lowest BCUT2D eigenvalue weighted by Crippen LogP contribution is -2.13. The van der Waals surface area contributed by atoms with Crippen LogP contribution in [0.5, 0.6) is 5.75 Å². The van der Waals surface area contributed by atoms with Crippen LogP contribution in [0.15, 0.2) is 41.6 Å². The zero-order chi connectivity index (χ0) is 15.5. The van der Waals surface area contributed by atoms with Gasteiger partial charge in [-0.05, 0) is 12.1 Å². The Labute approximate surface area is 121 Å². The zero-order valence-electron chi connectivity index (χ0n) is 11.1. The first kappa shape index (κ1) is 14.9. The number of benzene rings is 1. The molecule has 2 rings (SSSR count). The number of nitrogens with one attached hydrogen (secondary N) is 1. The largest absolute Gasteiger partial charge is 0.482 e. The predicted molar refractivity (Wildman–Crippen MR) is 73.6 cm³/mol. The molecular weight excluding hydrogens is 298 g/mol. The highest BCUT2D eigenvalue weighted by Crippen LogP contribution is 2.20. The normalized spacial score (nSPS) is 11.1. The fourth-order valence-electron chi connectivity index (χ4n) is 1.55. The van der Waals surface area contributed by atoms with Gasteiger partial charge < -0.3 is 9.84 Å². The average molecular weight is 311 g/mol. The molecule has 0 aliphatic carbocycles. The van der Waals surface area contributed by atoms with Crippen molar-refractivity contribution in [2.45, 2.75) is 4.90 Å². The number of aryl methyl sites for hydroxylation is 1. The lowest BCUT2D eigenvalue weighted by molar-refractivity contribution is -0.139. The van der Waals surface area contributed by atoms with E-state index in [2.05, 4.69) is 9.82 Å². The number of carboxylic acid groups (broad SMARTS) is 1. The van der Waals surface area contributed by atoms with Crippen molar-refractivity contribution in [2.75, 3.05) is 11.3 Å². The third-order valence-electron chi connectivity index (χ3n) is 2.44. The van der Waals surface area contributed by atoms with E-state index in [1.165, 1.54) is 35.3 Å². The predicted octanol–water partition coefficient (Wildman–Crippen LogP) is 0.684. The maximum atomic E-state index is 12.1. The van der Waals surface area contributed by atoms with Crippen LogP contribution in [0.25, 0.3) is 0 Å². The zero-order valence-corrected chi connectivity index (χ0v) is 11.9. The number of ether oxygens (including phenoxy) is 1. The molecule has 2 N–H and O–H groups in total. The quantitative estimate of drug-likeness (QED) is 0.812. The number of hydrogen-bond acceptors (Lipinski definition) is 5. The third kappa shape index (κ3) is 3.96. The molecule has 0 spiro atoms. The average Bonchev–Trinajstić information content (AvgIpc) is 2.84. The van der Waals surface area contributed by atoms with Crippen molar-refractivity contribution in [3.05, 3.63) is 36.7 Å². The molecule has 0 atom stereocenters. The fourth-order valence-corrected chi connectivity index (χ4v) is 2.58. The Kier molecular flexibility index (Phi) is 4.13. The number of rotatable bonds is 6. The standard InChI is InChI=1S/C12H13N3O5S/c1-15-7-11(6-13-15)21(18,19)14-9-3-2-4-10(5-9)20-8-12(16)17/h2-7,14H,8H2,1H3,(H,16,17). The minimum absolute atomic E-state index is 0.0295. The second kappa shape index (κ2) is 5.83. The van der Waals surface area contributed by atoms with Gasteiger partial charge in [0.25, 0.3) is 10.0 Å². The van der Waals surface area contributed by atoms with Crippen LogP contribution in [0.4, 0.5) is 5.69 Å². The van der Waals surface area contributed by atoms with Gasteiger partial charge in [0.15, 0.2) is 6.61 Å². The van der Waals surface area contributed by atoms with E-state index in [0.29, 0.717) is 0 Å². The highest BCUT2D eigenvalue weighted by atomic mass is 32.2. The van der Waals surface area contributed by atoms with E-state index in [4.69, 9.17) is 9.84 Å². The van der Waals surface area contributed by atoms with E-state index in [0.717, 1.165) is 0 Å². The van der Waals surface area contributed by atoms with Gasteiger partial charge in [0.2, 0.25) is 0 Å². The second-order valence-corrected chi connectivity index (χ2v) is 5.85. The van der Waals surface area contributed by atoms with Gasteiger partial charge in [0, 0.05) is 19.3 Å². The van der Waals surface area contributed by atoms with Crippen LogP contribution in [0, 0.1) is 0 Å². The molecule has 1 aromatic carbocycles. The number of aromatic nitrogens is 2. The maximum Gasteiger partial charge on any atom is 0.341 e. The van der Waals surface area contributed by atoms with Gasteiger partial charge in [-0.15, -0.1) is 0 Å². The van der Waals surface area contributed by atoms with Gasteiger partial charge in [0.1, 0.15) is 10.6 Å². The van der Waals surface area contributed by atoms with Crippen LogP contribution in [0.3, 0.4) is 0 Å². The number of sulfonamides is 1. The fraction of sp³-hybridized carbons (Fsp3) is 0.167. The first-order valence-electron chi connectivity index (χ1n) is 5.83. The third-order valence-corrected chi connectivity index (χ3v) is 3.78. The summed E-state index contributed by atoms with van der Waals surface area (Å²) in [5, 5.41) is 12.3. The SMILES string of the molecule is Cn1cc(S(=O)(=O)Nc2cccc(OCC(=O)O)c2)cn1. The van der Waals surface area contributed by atoms with Gasteiger partial charge in [-0.25, -0.2) is 13.2 Å². The van der Waals surface area contributed by atoms with Crippen molar-refractivity contribution in [3.8, 4) is 5.75 Å². The molecule has 9 heteroatoms. The number of carbonyl (C=O) groups is 1. The number of anilines is 1. The Morgan fingerprint density at radius 2 is 2.24 bits per heavy atom. The Morgan fingerprint density at radius 1 is 1.48 bits per heavy atom. The first-order chi connectivity index (χ1) is 9.87. The molecule has 1 heterocycles. The molecule has 0 saturated heterocycles. The molecule has 8 nitrogen and oxygen atoms in total. The van der Waals surface area contributed by atoms with Gasteiger partial charge in [-0.3, -0.25) is 9.40 Å². The maximum absolute atomic E-state index is 12.1. The number of carboxylic acids is 1. The summed E-state index contributed by atoms with van der Waals surface area (Å²) in [5.41, 5.74) is 0.266. The summed E-state index contributed by atoms with van der Waals surface area (Å²) in [7, 11) is -2.14. The molecule has 1 aromatic heterocycles. The van der Waals surface area contributed by atoms with Crippen LogP contribution >= 0.6 is 0 Å².